The lowest BCUT2D eigenvalue weighted by molar-refractivity contribution is -0.117. The summed E-state index contributed by atoms with van der Waals surface area (Å²) in [6, 6.07) is 0. The van der Waals surface area contributed by atoms with Gasteiger partial charge in [0.2, 0.25) is 5.91 Å². The number of fused-ring (bicyclic) bond motifs is 1. The predicted octanol–water partition coefficient (Wildman–Crippen LogP) is 3.62. The van der Waals surface area contributed by atoms with Crippen LogP contribution in [0.25, 0.3) is 0 Å². The van der Waals surface area contributed by atoms with Crippen molar-refractivity contribution in [1.29, 1.82) is 0 Å². The number of likely N-dealkylation sites (tertiary alicyclic amines) is 1. The molecule has 2 heterocycles. The van der Waals surface area contributed by atoms with Crippen molar-refractivity contribution in [3.05, 3.63) is 16.0 Å². The molecule has 0 atom stereocenters. The number of aryl methyl sites for hydroxylation is 1. The highest BCUT2D eigenvalue weighted by Gasteiger charge is 2.27. The average molecular weight is 365 g/mol. The van der Waals surface area contributed by atoms with Crippen molar-refractivity contribution in [3.63, 3.8) is 0 Å². The minimum Gasteiger partial charge on any atom is -0.462 e. The molecule has 0 bridgehead atoms. The smallest absolute Gasteiger partial charge is 0.341 e. The fourth-order valence-corrected chi connectivity index (χ4v) is 4.92. The summed E-state index contributed by atoms with van der Waals surface area (Å²) in [5.74, 6) is -0.306. The van der Waals surface area contributed by atoms with Gasteiger partial charge in [-0.25, -0.2) is 4.79 Å². The van der Waals surface area contributed by atoms with Gasteiger partial charge < -0.3 is 10.1 Å². The number of amides is 1. The van der Waals surface area contributed by atoms with E-state index in [0.29, 0.717) is 23.7 Å². The number of carbonyl (C=O) groups is 2. The normalized spacial score (nSPS) is 17.8. The van der Waals surface area contributed by atoms with Crippen LogP contribution in [-0.4, -0.2) is 43.0 Å². The standard InChI is InChI=1S/C19H28N2O3S/c1-2-12-24-19(23)17-14-8-4-5-9-15(14)25-18(17)20-16(22)13-21-10-6-3-7-11-21/h2-13H2,1H3,(H,20,22). The lowest BCUT2D eigenvalue weighted by Crippen LogP contribution is -2.36. The summed E-state index contributed by atoms with van der Waals surface area (Å²) < 4.78 is 5.38. The van der Waals surface area contributed by atoms with Gasteiger partial charge in [0.05, 0.1) is 18.7 Å². The molecule has 0 aromatic carbocycles. The van der Waals surface area contributed by atoms with Gasteiger partial charge in [0.15, 0.2) is 0 Å². The molecule has 1 fully saturated rings. The molecule has 1 aliphatic heterocycles. The van der Waals surface area contributed by atoms with Gasteiger partial charge in [0.25, 0.3) is 0 Å². The number of rotatable bonds is 6. The predicted molar refractivity (Wildman–Crippen MR) is 100 cm³/mol. The zero-order chi connectivity index (χ0) is 17.6. The van der Waals surface area contributed by atoms with Crippen LogP contribution in [0.4, 0.5) is 5.00 Å². The molecule has 3 rings (SSSR count). The molecule has 1 amide bonds. The largest absolute Gasteiger partial charge is 0.462 e. The summed E-state index contributed by atoms with van der Waals surface area (Å²) in [4.78, 5) is 28.5. The van der Waals surface area contributed by atoms with Crippen LogP contribution in [0.2, 0.25) is 0 Å². The molecule has 1 aromatic rings. The molecule has 0 spiro atoms. The minimum atomic E-state index is -0.283. The maximum atomic E-state index is 12.6. The third-order valence-corrected chi connectivity index (χ3v) is 6.09. The van der Waals surface area contributed by atoms with Crippen molar-refractivity contribution < 1.29 is 14.3 Å². The van der Waals surface area contributed by atoms with Gasteiger partial charge >= 0.3 is 5.97 Å². The maximum absolute atomic E-state index is 12.6. The fourth-order valence-electron chi connectivity index (χ4n) is 3.62. The molecule has 138 valence electrons. The minimum absolute atomic E-state index is 0.0231. The first-order valence-electron chi connectivity index (χ1n) is 9.53. The van der Waals surface area contributed by atoms with Gasteiger partial charge in [0, 0.05) is 4.88 Å². The number of hydrogen-bond acceptors (Lipinski definition) is 5. The van der Waals surface area contributed by atoms with Crippen LogP contribution in [0.3, 0.4) is 0 Å². The monoisotopic (exact) mass is 364 g/mol. The Kier molecular flexibility index (Phi) is 6.48. The van der Waals surface area contributed by atoms with E-state index in [1.165, 1.54) is 11.3 Å². The Morgan fingerprint density at radius 2 is 1.88 bits per heavy atom. The molecule has 1 saturated heterocycles. The SMILES string of the molecule is CCCOC(=O)c1c(NC(=O)CN2CCCCC2)sc2c1CCCC2. The van der Waals surface area contributed by atoms with Crippen LogP contribution < -0.4 is 5.32 Å². The van der Waals surface area contributed by atoms with Crippen molar-refractivity contribution in [1.82, 2.24) is 4.90 Å². The number of anilines is 1. The number of carbonyl (C=O) groups excluding carboxylic acids is 2. The highest BCUT2D eigenvalue weighted by molar-refractivity contribution is 7.17. The molecule has 1 aromatic heterocycles. The molecular formula is C19H28N2O3S. The van der Waals surface area contributed by atoms with Crippen LogP contribution in [-0.2, 0) is 22.4 Å². The molecule has 25 heavy (non-hydrogen) atoms. The second-order valence-electron chi connectivity index (χ2n) is 6.94. The Morgan fingerprint density at radius 1 is 1.12 bits per heavy atom. The van der Waals surface area contributed by atoms with Gasteiger partial charge in [-0.15, -0.1) is 11.3 Å². The van der Waals surface area contributed by atoms with E-state index in [-0.39, 0.29) is 11.9 Å². The van der Waals surface area contributed by atoms with Crippen molar-refractivity contribution in [3.8, 4) is 0 Å². The summed E-state index contributed by atoms with van der Waals surface area (Å²) in [5.41, 5.74) is 1.71. The molecule has 0 radical (unpaired) electrons. The first-order valence-corrected chi connectivity index (χ1v) is 10.3. The molecule has 6 heteroatoms. The van der Waals surface area contributed by atoms with Crippen molar-refractivity contribution in [2.45, 2.75) is 58.3 Å². The summed E-state index contributed by atoms with van der Waals surface area (Å²) >= 11 is 1.56. The average Bonchev–Trinajstić information content (AvgIpc) is 2.98. The van der Waals surface area contributed by atoms with Gasteiger partial charge in [-0.1, -0.05) is 13.3 Å². The quantitative estimate of drug-likeness (QED) is 0.783. The number of ether oxygens (including phenoxy) is 1. The zero-order valence-corrected chi connectivity index (χ0v) is 15.9. The fraction of sp³-hybridized carbons (Fsp3) is 0.684. The van der Waals surface area contributed by atoms with Gasteiger partial charge in [0.1, 0.15) is 5.00 Å². The highest BCUT2D eigenvalue weighted by atomic mass is 32.1. The van der Waals surface area contributed by atoms with Crippen LogP contribution in [0.15, 0.2) is 0 Å². The van der Waals surface area contributed by atoms with Crippen LogP contribution in [0, 0.1) is 0 Å². The zero-order valence-electron chi connectivity index (χ0n) is 15.1. The number of esters is 1. The molecule has 0 unspecified atom stereocenters. The van der Waals surface area contributed by atoms with Gasteiger partial charge in [-0.3, -0.25) is 9.69 Å². The Labute approximate surface area is 153 Å². The van der Waals surface area contributed by atoms with Crippen LogP contribution in [0.1, 0.15) is 66.2 Å². The lowest BCUT2D eigenvalue weighted by Gasteiger charge is -2.25. The van der Waals surface area contributed by atoms with Crippen molar-refractivity contribution in [2.75, 3.05) is 31.6 Å². The Morgan fingerprint density at radius 3 is 2.64 bits per heavy atom. The van der Waals surface area contributed by atoms with E-state index >= 15 is 0 Å². The summed E-state index contributed by atoms with van der Waals surface area (Å²) in [7, 11) is 0. The first-order chi connectivity index (χ1) is 12.2. The number of hydrogen-bond donors (Lipinski definition) is 1. The lowest BCUT2D eigenvalue weighted by atomic mass is 9.95. The van der Waals surface area contributed by atoms with E-state index in [0.717, 1.165) is 63.6 Å². The van der Waals surface area contributed by atoms with Crippen LogP contribution in [0.5, 0.6) is 0 Å². The Hall–Kier alpha value is -1.40. The van der Waals surface area contributed by atoms with E-state index in [1.807, 2.05) is 6.92 Å². The van der Waals surface area contributed by atoms with E-state index in [2.05, 4.69) is 10.2 Å². The van der Waals surface area contributed by atoms with E-state index in [1.54, 1.807) is 11.3 Å². The molecule has 2 aliphatic rings. The van der Waals surface area contributed by atoms with Gasteiger partial charge in [-0.05, 0) is 63.6 Å². The van der Waals surface area contributed by atoms with E-state index < -0.39 is 0 Å². The van der Waals surface area contributed by atoms with Crippen molar-refractivity contribution >= 4 is 28.2 Å². The topological polar surface area (TPSA) is 58.6 Å². The number of nitrogens with one attached hydrogen (secondary N) is 1. The maximum Gasteiger partial charge on any atom is 0.341 e. The van der Waals surface area contributed by atoms with Crippen LogP contribution >= 0.6 is 11.3 Å². The molecule has 1 N–H and O–H groups in total. The molecule has 5 nitrogen and oxygen atoms in total. The van der Waals surface area contributed by atoms with Gasteiger partial charge in [-0.2, -0.15) is 0 Å². The molecule has 0 saturated carbocycles. The van der Waals surface area contributed by atoms with E-state index in [4.69, 9.17) is 4.74 Å². The first kappa shape index (κ1) is 18.4. The third-order valence-electron chi connectivity index (χ3n) is 4.88. The summed E-state index contributed by atoms with van der Waals surface area (Å²) in [6.45, 7) is 4.79. The van der Waals surface area contributed by atoms with E-state index in [9.17, 15) is 9.59 Å². The molecule has 1 aliphatic carbocycles. The van der Waals surface area contributed by atoms with Crippen molar-refractivity contribution in [2.24, 2.45) is 0 Å². The Bertz CT molecular complexity index is 620. The summed E-state index contributed by atoms with van der Waals surface area (Å²) in [6.07, 6.45) is 8.53. The second kappa shape index (κ2) is 8.81. The third kappa shape index (κ3) is 4.61. The number of piperidine rings is 1. The highest BCUT2D eigenvalue weighted by Crippen LogP contribution is 2.38. The number of nitrogens with zero attached hydrogens (tertiary/aromatic N) is 1. The number of thiophene rings is 1. The molecular weight excluding hydrogens is 336 g/mol. The summed E-state index contributed by atoms with van der Waals surface area (Å²) in [5, 5.41) is 3.70. The second-order valence-corrected chi connectivity index (χ2v) is 8.04. The Balaban J connectivity index is 1.73.